The Morgan fingerprint density at radius 3 is 2.26 bits per heavy atom. The Labute approximate surface area is 234 Å². The normalized spacial score (nSPS) is 20.3. The maximum Gasteiger partial charge on any atom is 0.246 e. The Hall–Kier alpha value is -3.03. The molecule has 0 bridgehead atoms. The summed E-state index contributed by atoms with van der Waals surface area (Å²) in [5.41, 5.74) is 2.32. The minimum absolute atomic E-state index is 0.0296. The van der Waals surface area contributed by atoms with Crippen molar-refractivity contribution < 1.29 is 23.7 Å². The summed E-state index contributed by atoms with van der Waals surface area (Å²) in [5, 5.41) is 0. The highest BCUT2D eigenvalue weighted by molar-refractivity contribution is 5.93. The van der Waals surface area contributed by atoms with Crippen molar-refractivity contribution in [1.82, 2.24) is 9.80 Å². The molecular formula is C32H46N2O5. The molecule has 2 aliphatic rings. The molecule has 1 unspecified atom stereocenters. The quantitative estimate of drug-likeness (QED) is 0.300. The molecule has 1 aliphatic carbocycles. The average Bonchev–Trinajstić information content (AvgIpc) is 2.94. The molecule has 0 spiro atoms. The molecule has 0 saturated carbocycles. The molecule has 1 amide bonds. The van der Waals surface area contributed by atoms with Gasteiger partial charge in [0.25, 0.3) is 0 Å². The van der Waals surface area contributed by atoms with Crippen LogP contribution in [0.25, 0.3) is 12.2 Å². The first kappa shape index (κ1) is 30.5. The smallest absolute Gasteiger partial charge is 0.246 e. The fourth-order valence-electron chi connectivity index (χ4n) is 4.90. The highest BCUT2D eigenvalue weighted by Gasteiger charge is 2.32. The Bertz CT molecular complexity index is 1080. The van der Waals surface area contributed by atoms with Crippen LogP contribution >= 0.6 is 0 Å². The van der Waals surface area contributed by atoms with E-state index in [0.717, 1.165) is 61.6 Å². The molecule has 1 saturated heterocycles. The van der Waals surface area contributed by atoms with Gasteiger partial charge in [0.1, 0.15) is 11.4 Å². The van der Waals surface area contributed by atoms with Crippen LogP contribution in [0.2, 0.25) is 0 Å². The predicted molar refractivity (Wildman–Crippen MR) is 158 cm³/mol. The van der Waals surface area contributed by atoms with E-state index in [1.54, 1.807) is 6.08 Å². The Kier molecular flexibility index (Phi) is 11.7. The number of piperazine rings is 1. The number of rotatable bonds is 13. The average molecular weight is 539 g/mol. The van der Waals surface area contributed by atoms with E-state index >= 15 is 0 Å². The molecule has 1 aromatic rings. The van der Waals surface area contributed by atoms with Crippen molar-refractivity contribution in [1.29, 1.82) is 0 Å². The van der Waals surface area contributed by atoms with Crippen molar-refractivity contribution in [3.8, 4) is 11.5 Å². The number of carbonyl (C=O) groups is 1. The summed E-state index contributed by atoms with van der Waals surface area (Å²) in [6.45, 7) is 18.7. The summed E-state index contributed by atoms with van der Waals surface area (Å²) < 4.78 is 24.0. The molecule has 0 aromatic heterocycles. The lowest BCUT2D eigenvalue weighted by molar-refractivity contribution is -0.127. The molecule has 0 N–H and O–H groups in total. The second kappa shape index (κ2) is 14.9. The van der Waals surface area contributed by atoms with Crippen molar-refractivity contribution >= 4 is 18.1 Å². The van der Waals surface area contributed by atoms with Crippen LogP contribution < -0.4 is 9.47 Å². The third-order valence-corrected chi connectivity index (χ3v) is 7.07. The van der Waals surface area contributed by atoms with E-state index in [0.29, 0.717) is 37.9 Å². The van der Waals surface area contributed by atoms with Crippen molar-refractivity contribution in [2.75, 3.05) is 59.2 Å². The fraction of sp³-hybridized carbons (Fsp3) is 0.531. The predicted octanol–water partition coefficient (Wildman–Crippen LogP) is 5.72. The molecule has 1 heterocycles. The first-order valence-corrected chi connectivity index (χ1v) is 14.4. The van der Waals surface area contributed by atoms with Crippen LogP contribution in [0.3, 0.4) is 0 Å². The number of nitrogens with zero attached hydrogens (tertiary/aromatic N) is 2. The first-order chi connectivity index (χ1) is 18.9. The van der Waals surface area contributed by atoms with Crippen LogP contribution in [0.4, 0.5) is 0 Å². The van der Waals surface area contributed by atoms with Crippen molar-refractivity contribution in [3.63, 3.8) is 0 Å². The van der Waals surface area contributed by atoms with Gasteiger partial charge in [0.05, 0.1) is 19.8 Å². The van der Waals surface area contributed by atoms with Crippen LogP contribution in [0.5, 0.6) is 11.5 Å². The number of likely N-dealkylation sites (N-methyl/N-ethyl adjacent to an activating group) is 1. The molecule has 1 aromatic carbocycles. The largest absolute Gasteiger partial charge is 0.495 e. The highest BCUT2D eigenvalue weighted by atomic mass is 16.5. The second-order valence-corrected chi connectivity index (χ2v) is 9.70. The Morgan fingerprint density at radius 1 is 0.897 bits per heavy atom. The van der Waals surface area contributed by atoms with Gasteiger partial charge in [-0.05, 0) is 76.6 Å². The molecule has 1 atom stereocenters. The van der Waals surface area contributed by atoms with Gasteiger partial charge in [0.15, 0.2) is 11.5 Å². The third-order valence-electron chi connectivity index (χ3n) is 7.07. The van der Waals surface area contributed by atoms with E-state index in [2.05, 4.69) is 30.9 Å². The van der Waals surface area contributed by atoms with Gasteiger partial charge in [0.2, 0.25) is 5.91 Å². The van der Waals surface area contributed by atoms with E-state index in [1.807, 2.05) is 63.0 Å². The molecule has 7 nitrogen and oxygen atoms in total. The van der Waals surface area contributed by atoms with Gasteiger partial charge in [-0.2, -0.15) is 0 Å². The molecular weight excluding hydrogens is 492 g/mol. The van der Waals surface area contributed by atoms with Crippen LogP contribution in [-0.4, -0.2) is 80.5 Å². The van der Waals surface area contributed by atoms with Crippen LogP contribution in [0.1, 0.15) is 59.1 Å². The number of amides is 1. The fourth-order valence-corrected chi connectivity index (χ4v) is 4.90. The minimum Gasteiger partial charge on any atom is -0.495 e. The van der Waals surface area contributed by atoms with Crippen LogP contribution in [0, 0.1) is 0 Å². The standard InChI is InChI=1S/C32H46N2O5/c1-7-33-20-22-34(23-21-33)30(35)17-14-26-13-16-28(36-8-2)31(38-10-4)27(26)15-12-25-18-19-32(6,39-11-5)29(24-25)37-9-3/h12-18,24H,7-11,19-23H2,1-6H3/b15-12+,17-14+. The molecule has 1 fully saturated rings. The zero-order chi connectivity index (χ0) is 28.3. The maximum absolute atomic E-state index is 13.0. The molecule has 39 heavy (non-hydrogen) atoms. The lowest BCUT2D eigenvalue weighted by Crippen LogP contribution is -2.48. The molecule has 0 radical (unpaired) electrons. The summed E-state index contributed by atoms with van der Waals surface area (Å²) in [4.78, 5) is 17.3. The van der Waals surface area contributed by atoms with Crippen molar-refractivity contribution in [2.45, 2.75) is 53.6 Å². The van der Waals surface area contributed by atoms with Gasteiger partial charge in [-0.15, -0.1) is 0 Å². The Balaban J connectivity index is 1.93. The monoisotopic (exact) mass is 538 g/mol. The maximum atomic E-state index is 13.0. The highest BCUT2D eigenvalue weighted by Crippen LogP contribution is 2.37. The van der Waals surface area contributed by atoms with Gasteiger partial charge in [-0.3, -0.25) is 4.79 Å². The zero-order valence-corrected chi connectivity index (χ0v) is 24.6. The number of allylic oxidation sites excluding steroid dienone is 3. The van der Waals surface area contributed by atoms with Gasteiger partial charge >= 0.3 is 0 Å². The zero-order valence-electron chi connectivity index (χ0n) is 24.6. The van der Waals surface area contributed by atoms with Gasteiger partial charge in [0, 0.05) is 50.8 Å². The number of carbonyl (C=O) groups excluding carboxylic acids is 1. The number of hydrogen-bond donors (Lipinski definition) is 0. The van der Waals surface area contributed by atoms with Crippen LogP contribution in [-0.2, 0) is 14.3 Å². The number of benzene rings is 1. The summed E-state index contributed by atoms with van der Waals surface area (Å²) in [6, 6.07) is 3.89. The SMILES string of the molecule is CCOC1=CC(/C=C/c2c(/C=C/C(=O)N3CCN(CC)CC3)ccc(OCC)c2OCC)=CCC1(C)OCC. The summed E-state index contributed by atoms with van der Waals surface area (Å²) in [6.07, 6.45) is 12.6. The van der Waals surface area contributed by atoms with E-state index in [4.69, 9.17) is 18.9 Å². The number of ether oxygens (including phenoxy) is 4. The van der Waals surface area contributed by atoms with Crippen molar-refractivity contribution in [3.05, 3.63) is 58.9 Å². The molecule has 3 rings (SSSR count). The van der Waals surface area contributed by atoms with E-state index < -0.39 is 5.60 Å². The Morgan fingerprint density at radius 2 is 1.62 bits per heavy atom. The van der Waals surface area contributed by atoms with E-state index in [1.165, 1.54) is 0 Å². The first-order valence-electron chi connectivity index (χ1n) is 14.4. The third kappa shape index (κ3) is 7.99. The van der Waals surface area contributed by atoms with E-state index in [9.17, 15) is 4.79 Å². The lowest BCUT2D eigenvalue weighted by atomic mass is 9.90. The van der Waals surface area contributed by atoms with Crippen molar-refractivity contribution in [2.24, 2.45) is 0 Å². The molecule has 7 heteroatoms. The van der Waals surface area contributed by atoms with Gasteiger partial charge in [-0.1, -0.05) is 25.1 Å². The molecule has 214 valence electrons. The minimum atomic E-state index is -0.468. The topological polar surface area (TPSA) is 60.5 Å². The summed E-state index contributed by atoms with van der Waals surface area (Å²) in [7, 11) is 0. The summed E-state index contributed by atoms with van der Waals surface area (Å²) in [5.74, 6) is 2.22. The van der Waals surface area contributed by atoms with Gasteiger partial charge < -0.3 is 28.7 Å². The second-order valence-electron chi connectivity index (χ2n) is 9.70. The van der Waals surface area contributed by atoms with Gasteiger partial charge in [-0.25, -0.2) is 0 Å². The van der Waals surface area contributed by atoms with Crippen LogP contribution in [0.15, 0.2) is 47.8 Å². The number of hydrogen-bond acceptors (Lipinski definition) is 6. The molecule has 1 aliphatic heterocycles. The summed E-state index contributed by atoms with van der Waals surface area (Å²) >= 11 is 0. The van der Waals surface area contributed by atoms with E-state index in [-0.39, 0.29) is 5.91 Å². The lowest BCUT2D eigenvalue weighted by Gasteiger charge is -2.33.